The highest BCUT2D eigenvalue weighted by atomic mass is 35.5. The normalized spacial score (nSPS) is 10.7. The van der Waals surface area contributed by atoms with Gasteiger partial charge in [0, 0.05) is 17.6 Å². The van der Waals surface area contributed by atoms with Crippen LogP contribution in [0.5, 0.6) is 0 Å². The Labute approximate surface area is 119 Å². The summed E-state index contributed by atoms with van der Waals surface area (Å²) >= 11 is 7.35. The van der Waals surface area contributed by atoms with Gasteiger partial charge in [0.25, 0.3) is 0 Å². The van der Waals surface area contributed by atoms with Gasteiger partial charge in [0.1, 0.15) is 5.82 Å². The van der Waals surface area contributed by atoms with Crippen LogP contribution in [0.15, 0.2) is 22.2 Å². The summed E-state index contributed by atoms with van der Waals surface area (Å²) in [6, 6.07) is 3.07. The molecule has 8 heteroatoms. The third-order valence-corrected chi connectivity index (χ3v) is 4.17. The summed E-state index contributed by atoms with van der Waals surface area (Å²) in [5.74, 6) is 0.172. The summed E-state index contributed by atoms with van der Waals surface area (Å²) in [4.78, 5) is 12.0. The molecule has 0 spiro atoms. The van der Waals surface area contributed by atoms with Crippen molar-refractivity contribution in [3.05, 3.63) is 28.5 Å². The molecule has 0 saturated heterocycles. The summed E-state index contributed by atoms with van der Waals surface area (Å²) in [7, 11) is 1.83. The first-order valence-corrected chi connectivity index (χ1v) is 6.52. The van der Waals surface area contributed by atoms with E-state index in [0.29, 0.717) is 20.8 Å². The molecule has 0 atom stereocenters. The number of hydrogen-bond donors (Lipinski definition) is 2. The summed E-state index contributed by atoms with van der Waals surface area (Å²) in [6.45, 7) is 1.83. The predicted molar refractivity (Wildman–Crippen MR) is 74.2 cm³/mol. The largest absolute Gasteiger partial charge is 0.399 e. The minimum absolute atomic E-state index is 0.274. The second-order valence-corrected chi connectivity index (χ2v) is 5.32. The average Bonchev–Trinajstić information content (AvgIpc) is 2.63. The first-order valence-electron chi connectivity index (χ1n) is 5.33. The highest BCUT2D eigenvalue weighted by molar-refractivity contribution is 7.99. The molecule has 1 heterocycles. The molecule has 0 aliphatic rings. The van der Waals surface area contributed by atoms with Gasteiger partial charge >= 0.3 is 0 Å². The van der Waals surface area contributed by atoms with Crippen molar-refractivity contribution in [3.8, 4) is 0 Å². The van der Waals surface area contributed by atoms with Crippen LogP contribution in [-0.2, 0) is 7.05 Å². The molecule has 100 valence electrons. The van der Waals surface area contributed by atoms with E-state index in [9.17, 15) is 4.79 Å². The standard InChI is InChI=1S/C11H12ClN5OS/c1-5-15-16-11(17(5)2)19-9-7(10(14)18)3-6(13)4-8(9)12/h3-4H,13H2,1-2H3,(H2,14,18). The number of nitrogen functional groups attached to an aromatic ring is 1. The van der Waals surface area contributed by atoms with Gasteiger partial charge in [-0.2, -0.15) is 0 Å². The quantitative estimate of drug-likeness (QED) is 0.838. The number of aromatic nitrogens is 3. The molecule has 0 fully saturated rings. The van der Waals surface area contributed by atoms with Crippen LogP contribution in [0, 0.1) is 6.92 Å². The Hall–Kier alpha value is -1.73. The molecule has 0 aliphatic carbocycles. The maximum Gasteiger partial charge on any atom is 0.249 e. The Bertz CT molecular complexity index is 655. The van der Waals surface area contributed by atoms with Crippen LogP contribution in [0.2, 0.25) is 5.02 Å². The van der Waals surface area contributed by atoms with Crippen LogP contribution in [-0.4, -0.2) is 20.7 Å². The number of halogens is 1. The lowest BCUT2D eigenvalue weighted by atomic mass is 10.2. The second kappa shape index (κ2) is 5.10. The molecule has 0 radical (unpaired) electrons. The van der Waals surface area contributed by atoms with Gasteiger partial charge in [0.2, 0.25) is 5.91 Å². The number of rotatable bonds is 3. The lowest BCUT2D eigenvalue weighted by Gasteiger charge is -2.09. The summed E-state index contributed by atoms with van der Waals surface area (Å²) in [6.07, 6.45) is 0. The Kier molecular flexibility index (Phi) is 3.68. The second-order valence-electron chi connectivity index (χ2n) is 3.93. The Morgan fingerprint density at radius 1 is 1.42 bits per heavy atom. The van der Waals surface area contributed by atoms with E-state index in [1.54, 1.807) is 10.6 Å². The lowest BCUT2D eigenvalue weighted by Crippen LogP contribution is -2.13. The zero-order chi connectivity index (χ0) is 14.2. The number of anilines is 1. The van der Waals surface area contributed by atoms with E-state index < -0.39 is 5.91 Å². The molecular weight excluding hydrogens is 286 g/mol. The molecule has 0 unspecified atom stereocenters. The molecule has 1 amide bonds. The summed E-state index contributed by atoms with van der Waals surface area (Å²) in [5.41, 5.74) is 11.7. The van der Waals surface area contributed by atoms with Crippen molar-refractivity contribution in [1.29, 1.82) is 0 Å². The van der Waals surface area contributed by atoms with Crippen LogP contribution in [0.1, 0.15) is 16.2 Å². The van der Waals surface area contributed by atoms with Gasteiger partial charge in [-0.1, -0.05) is 11.6 Å². The molecule has 4 N–H and O–H groups in total. The monoisotopic (exact) mass is 297 g/mol. The number of carbonyl (C=O) groups is 1. The predicted octanol–water partition coefficient (Wildman–Crippen LogP) is 1.61. The molecule has 2 aromatic rings. The lowest BCUT2D eigenvalue weighted by molar-refractivity contribution is 0.0997. The molecule has 2 rings (SSSR count). The molecule has 1 aromatic heterocycles. The number of benzene rings is 1. The van der Waals surface area contributed by atoms with E-state index in [1.807, 2.05) is 14.0 Å². The molecule has 0 saturated carbocycles. The van der Waals surface area contributed by atoms with Gasteiger partial charge in [0.15, 0.2) is 5.16 Å². The Morgan fingerprint density at radius 3 is 2.63 bits per heavy atom. The molecular formula is C11H12ClN5OS. The summed E-state index contributed by atoms with van der Waals surface area (Å²) < 4.78 is 1.79. The van der Waals surface area contributed by atoms with E-state index in [1.165, 1.54) is 17.8 Å². The van der Waals surface area contributed by atoms with E-state index in [4.69, 9.17) is 23.1 Å². The first-order chi connectivity index (χ1) is 8.90. The molecule has 0 bridgehead atoms. The molecule has 19 heavy (non-hydrogen) atoms. The van der Waals surface area contributed by atoms with Gasteiger partial charge < -0.3 is 16.0 Å². The third kappa shape index (κ3) is 2.66. The highest BCUT2D eigenvalue weighted by Crippen LogP contribution is 2.36. The number of hydrogen-bond acceptors (Lipinski definition) is 5. The number of primary amides is 1. The van der Waals surface area contributed by atoms with Crippen molar-refractivity contribution in [2.24, 2.45) is 12.8 Å². The topological polar surface area (TPSA) is 99.8 Å². The molecule has 0 aliphatic heterocycles. The van der Waals surface area contributed by atoms with Crippen LogP contribution < -0.4 is 11.5 Å². The van der Waals surface area contributed by atoms with Crippen LogP contribution in [0.25, 0.3) is 0 Å². The zero-order valence-corrected chi connectivity index (χ0v) is 11.9. The van der Waals surface area contributed by atoms with Crippen molar-refractivity contribution in [2.45, 2.75) is 17.0 Å². The van der Waals surface area contributed by atoms with Crippen molar-refractivity contribution in [2.75, 3.05) is 5.73 Å². The van der Waals surface area contributed by atoms with Crippen molar-refractivity contribution >= 4 is 35.0 Å². The fraction of sp³-hybridized carbons (Fsp3) is 0.182. The molecule has 6 nitrogen and oxygen atoms in total. The minimum atomic E-state index is -0.587. The van der Waals surface area contributed by atoms with Crippen LogP contribution >= 0.6 is 23.4 Å². The van der Waals surface area contributed by atoms with Gasteiger partial charge in [-0.3, -0.25) is 4.79 Å². The highest BCUT2D eigenvalue weighted by Gasteiger charge is 2.17. The number of amides is 1. The number of carbonyl (C=O) groups excluding carboxylic acids is 1. The Morgan fingerprint density at radius 2 is 2.11 bits per heavy atom. The maximum absolute atomic E-state index is 11.5. The van der Waals surface area contributed by atoms with E-state index >= 15 is 0 Å². The fourth-order valence-corrected chi connectivity index (χ4v) is 2.77. The van der Waals surface area contributed by atoms with Crippen molar-refractivity contribution in [1.82, 2.24) is 14.8 Å². The van der Waals surface area contributed by atoms with Crippen molar-refractivity contribution < 1.29 is 4.79 Å². The SMILES string of the molecule is Cc1nnc(Sc2c(Cl)cc(N)cc2C(N)=O)n1C. The summed E-state index contributed by atoms with van der Waals surface area (Å²) in [5, 5.41) is 8.93. The Balaban J connectivity index is 2.50. The van der Waals surface area contributed by atoms with E-state index in [2.05, 4.69) is 10.2 Å². The van der Waals surface area contributed by atoms with Gasteiger partial charge in [-0.25, -0.2) is 0 Å². The number of nitrogens with zero attached hydrogens (tertiary/aromatic N) is 3. The fourth-order valence-electron chi connectivity index (χ4n) is 1.47. The number of nitrogens with two attached hydrogens (primary N) is 2. The maximum atomic E-state index is 11.5. The smallest absolute Gasteiger partial charge is 0.249 e. The van der Waals surface area contributed by atoms with E-state index in [-0.39, 0.29) is 5.56 Å². The van der Waals surface area contributed by atoms with Gasteiger partial charge in [-0.05, 0) is 30.8 Å². The minimum Gasteiger partial charge on any atom is -0.399 e. The van der Waals surface area contributed by atoms with Gasteiger partial charge in [0.05, 0.1) is 10.6 Å². The average molecular weight is 298 g/mol. The van der Waals surface area contributed by atoms with Crippen molar-refractivity contribution in [3.63, 3.8) is 0 Å². The zero-order valence-electron chi connectivity index (χ0n) is 10.3. The molecule has 1 aromatic carbocycles. The number of aryl methyl sites for hydroxylation is 1. The van der Waals surface area contributed by atoms with E-state index in [0.717, 1.165) is 5.82 Å². The van der Waals surface area contributed by atoms with Gasteiger partial charge in [-0.15, -0.1) is 10.2 Å². The van der Waals surface area contributed by atoms with Crippen LogP contribution in [0.4, 0.5) is 5.69 Å². The van der Waals surface area contributed by atoms with Crippen LogP contribution in [0.3, 0.4) is 0 Å². The first kappa shape index (κ1) is 13.7. The third-order valence-electron chi connectivity index (χ3n) is 2.58.